The first-order valence-electron chi connectivity index (χ1n) is 9.95. The van der Waals surface area contributed by atoms with Gasteiger partial charge in [0.2, 0.25) is 0 Å². The van der Waals surface area contributed by atoms with Crippen LogP contribution in [0.2, 0.25) is 10.0 Å². The van der Waals surface area contributed by atoms with Crippen molar-refractivity contribution in [1.29, 1.82) is 0 Å². The molecule has 1 aliphatic heterocycles. The van der Waals surface area contributed by atoms with Gasteiger partial charge in [-0.3, -0.25) is 9.88 Å². The molecule has 150 valence electrons. The normalized spacial score (nSPS) is 17.4. The van der Waals surface area contributed by atoms with Gasteiger partial charge in [0.25, 0.3) is 0 Å². The summed E-state index contributed by atoms with van der Waals surface area (Å²) < 4.78 is 0. The number of aromatic nitrogens is 3. The maximum absolute atomic E-state index is 6.25. The van der Waals surface area contributed by atoms with Crippen molar-refractivity contribution < 1.29 is 0 Å². The fourth-order valence-corrected chi connectivity index (χ4v) is 4.41. The van der Waals surface area contributed by atoms with E-state index in [1.807, 2.05) is 37.6 Å². The predicted octanol–water partition coefficient (Wildman–Crippen LogP) is 6.19. The Bertz CT molecular complexity index is 1020. The van der Waals surface area contributed by atoms with Crippen LogP contribution in [0.25, 0.3) is 11.1 Å². The molecule has 1 atom stereocenters. The van der Waals surface area contributed by atoms with Crippen molar-refractivity contribution in [2.45, 2.75) is 45.7 Å². The fraction of sp³-hybridized carbons (Fsp3) is 0.348. The predicted molar refractivity (Wildman–Crippen MR) is 118 cm³/mol. The lowest BCUT2D eigenvalue weighted by Crippen LogP contribution is -2.34. The third kappa shape index (κ3) is 4.45. The number of hydrogen-bond donors (Lipinski definition) is 0. The molecule has 0 radical (unpaired) electrons. The van der Waals surface area contributed by atoms with Gasteiger partial charge in [0.1, 0.15) is 5.82 Å². The van der Waals surface area contributed by atoms with Gasteiger partial charge in [0.15, 0.2) is 0 Å². The monoisotopic (exact) mass is 426 g/mol. The third-order valence-electron chi connectivity index (χ3n) is 5.55. The Kier molecular flexibility index (Phi) is 6.14. The highest BCUT2D eigenvalue weighted by molar-refractivity contribution is 6.42. The Morgan fingerprint density at radius 2 is 1.90 bits per heavy atom. The third-order valence-corrected chi connectivity index (χ3v) is 6.29. The number of hydrogen-bond acceptors (Lipinski definition) is 4. The molecule has 1 aromatic carbocycles. The first-order chi connectivity index (χ1) is 14.0. The number of halogens is 2. The molecule has 1 unspecified atom stereocenters. The second-order valence-electron chi connectivity index (χ2n) is 7.64. The summed E-state index contributed by atoms with van der Waals surface area (Å²) in [5.41, 5.74) is 5.65. The van der Waals surface area contributed by atoms with Crippen molar-refractivity contribution in [2.75, 3.05) is 6.54 Å². The highest BCUT2D eigenvalue weighted by Gasteiger charge is 2.28. The topological polar surface area (TPSA) is 41.9 Å². The lowest BCUT2D eigenvalue weighted by molar-refractivity contribution is 0.137. The summed E-state index contributed by atoms with van der Waals surface area (Å²) in [5.74, 6) is 0.801. The highest BCUT2D eigenvalue weighted by atomic mass is 35.5. The minimum atomic E-state index is 0.238. The van der Waals surface area contributed by atoms with E-state index >= 15 is 0 Å². The molecule has 3 aromatic rings. The van der Waals surface area contributed by atoms with Crippen LogP contribution in [0.3, 0.4) is 0 Å². The van der Waals surface area contributed by atoms with Crippen LogP contribution < -0.4 is 0 Å². The SMILES string of the molecule is Cc1ncc(-c2ccncc2C)c(C2CCCCN2Cc2ccc(Cl)c(Cl)c2)n1. The molecule has 0 N–H and O–H groups in total. The van der Waals surface area contributed by atoms with Crippen LogP contribution in [-0.4, -0.2) is 26.4 Å². The number of likely N-dealkylation sites (tertiary alicyclic amines) is 1. The Hall–Kier alpha value is -2.01. The van der Waals surface area contributed by atoms with Gasteiger partial charge in [0.05, 0.1) is 21.8 Å². The molecule has 0 spiro atoms. The first kappa shape index (κ1) is 20.3. The van der Waals surface area contributed by atoms with Crippen molar-refractivity contribution in [3.63, 3.8) is 0 Å². The van der Waals surface area contributed by atoms with E-state index in [1.54, 1.807) is 0 Å². The summed E-state index contributed by atoms with van der Waals surface area (Å²) in [6.07, 6.45) is 9.15. The van der Waals surface area contributed by atoms with Crippen molar-refractivity contribution in [1.82, 2.24) is 19.9 Å². The molecular weight excluding hydrogens is 403 g/mol. The molecule has 0 bridgehead atoms. The van der Waals surface area contributed by atoms with Gasteiger partial charge in [-0.15, -0.1) is 0 Å². The van der Waals surface area contributed by atoms with Gasteiger partial charge in [-0.1, -0.05) is 35.7 Å². The molecule has 0 amide bonds. The summed E-state index contributed by atoms with van der Waals surface area (Å²) in [4.78, 5) is 16.2. The molecule has 4 nitrogen and oxygen atoms in total. The molecule has 1 aliphatic rings. The van der Waals surface area contributed by atoms with Gasteiger partial charge < -0.3 is 0 Å². The molecule has 0 saturated carbocycles. The zero-order chi connectivity index (χ0) is 20.4. The Balaban J connectivity index is 1.72. The highest BCUT2D eigenvalue weighted by Crippen LogP contribution is 2.37. The Morgan fingerprint density at radius 3 is 2.69 bits per heavy atom. The summed E-state index contributed by atoms with van der Waals surface area (Å²) in [6.45, 7) is 5.89. The van der Waals surface area contributed by atoms with Crippen molar-refractivity contribution in [3.05, 3.63) is 75.5 Å². The van der Waals surface area contributed by atoms with Crippen molar-refractivity contribution in [2.24, 2.45) is 0 Å². The van der Waals surface area contributed by atoms with Crippen LogP contribution in [0.15, 0.2) is 42.9 Å². The van der Waals surface area contributed by atoms with Crippen molar-refractivity contribution >= 4 is 23.2 Å². The van der Waals surface area contributed by atoms with E-state index in [1.165, 1.54) is 18.4 Å². The molecule has 1 saturated heterocycles. The van der Waals surface area contributed by atoms with Crippen molar-refractivity contribution in [3.8, 4) is 11.1 Å². The number of nitrogens with zero attached hydrogens (tertiary/aromatic N) is 4. The summed E-state index contributed by atoms with van der Waals surface area (Å²) in [6, 6.07) is 8.19. The van der Waals surface area contributed by atoms with Gasteiger partial charge in [-0.25, -0.2) is 9.97 Å². The number of aryl methyl sites for hydroxylation is 2. The quantitative estimate of drug-likeness (QED) is 0.498. The fourth-order valence-electron chi connectivity index (χ4n) is 4.09. The number of piperidine rings is 1. The second kappa shape index (κ2) is 8.78. The summed E-state index contributed by atoms with van der Waals surface area (Å²) in [7, 11) is 0. The van der Waals surface area contributed by atoms with E-state index in [-0.39, 0.29) is 6.04 Å². The molecule has 4 rings (SSSR count). The lowest BCUT2D eigenvalue weighted by atomic mass is 9.92. The van der Waals surface area contributed by atoms with Crippen LogP contribution in [0, 0.1) is 13.8 Å². The standard InChI is InChI=1S/C23H24Cl2N4/c1-15-12-26-9-8-18(15)19-13-27-16(2)28-23(19)22-5-3-4-10-29(22)14-17-6-7-20(24)21(25)11-17/h6-9,11-13,22H,3-5,10,14H2,1-2H3. The van der Waals surface area contributed by atoms with Gasteiger partial charge in [-0.2, -0.15) is 0 Å². The van der Waals surface area contributed by atoms with Crippen LogP contribution in [0.4, 0.5) is 0 Å². The zero-order valence-electron chi connectivity index (χ0n) is 16.7. The number of benzene rings is 1. The Morgan fingerprint density at radius 1 is 1.03 bits per heavy atom. The smallest absolute Gasteiger partial charge is 0.125 e. The molecular formula is C23H24Cl2N4. The maximum Gasteiger partial charge on any atom is 0.125 e. The van der Waals surface area contributed by atoms with E-state index in [2.05, 4.69) is 33.9 Å². The molecule has 29 heavy (non-hydrogen) atoms. The minimum Gasteiger partial charge on any atom is -0.290 e. The van der Waals surface area contributed by atoms with E-state index in [0.717, 1.165) is 47.7 Å². The summed E-state index contributed by atoms with van der Waals surface area (Å²) >= 11 is 12.4. The molecule has 1 fully saturated rings. The van der Waals surface area contributed by atoms with Gasteiger partial charge in [-0.05, 0) is 68.1 Å². The van der Waals surface area contributed by atoms with E-state index in [4.69, 9.17) is 28.2 Å². The van der Waals surface area contributed by atoms with E-state index in [9.17, 15) is 0 Å². The Labute approximate surface area is 181 Å². The second-order valence-corrected chi connectivity index (χ2v) is 8.45. The molecule has 3 heterocycles. The summed E-state index contributed by atoms with van der Waals surface area (Å²) in [5, 5.41) is 1.19. The van der Waals surface area contributed by atoms with Crippen LogP contribution in [0.1, 0.15) is 47.9 Å². The van der Waals surface area contributed by atoms with Crippen LogP contribution in [-0.2, 0) is 6.54 Å². The molecule has 0 aliphatic carbocycles. The van der Waals surface area contributed by atoms with Gasteiger partial charge in [0, 0.05) is 30.7 Å². The molecule has 6 heteroatoms. The van der Waals surface area contributed by atoms with E-state index in [0.29, 0.717) is 10.0 Å². The average molecular weight is 427 g/mol. The lowest BCUT2D eigenvalue weighted by Gasteiger charge is -2.36. The number of rotatable bonds is 4. The first-order valence-corrected chi connectivity index (χ1v) is 10.7. The maximum atomic E-state index is 6.25. The zero-order valence-corrected chi connectivity index (χ0v) is 18.2. The van der Waals surface area contributed by atoms with Crippen LogP contribution in [0.5, 0.6) is 0 Å². The van der Waals surface area contributed by atoms with Crippen LogP contribution >= 0.6 is 23.2 Å². The largest absolute Gasteiger partial charge is 0.290 e. The average Bonchev–Trinajstić information content (AvgIpc) is 2.72. The number of pyridine rings is 1. The minimum absolute atomic E-state index is 0.238. The van der Waals surface area contributed by atoms with E-state index < -0.39 is 0 Å². The van der Waals surface area contributed by atoms with Gasteiger partial charge >= 0.3 is 0 Å². The molecule has 2 aromatic heterocycles.